The van der Waals surface area contributed by atoms with E-state index in [2.05, 4.69) is 9.84 Å². The summed E-state index contributed by atoms with van der Waals surface area (Å²) in [5.41, 5.74) is 1.16. The van der Waals surface area contributed by atoms with Gasteiger partial charge in [-0.1, -0.05) is 29.8 Å². The molecule has 0 amide bonds. The van der Waals surface area contributed by atoms with E-state index in [0.29, 0.717) is 16.4 Å². The first-order valence-electron chi connectivity index (χ1n) is 6.56. The molecule has 0 atom stereocenters. The van der Waals surface area contributed by atoms with Gasteiger partial charge in [-0.25, -0.2) is 13.9 Å². The lowest BCUT2D eigenvalue weighted by Gasteiger charge is -2.08. The average Bonchev–Trinajstić information content (AvgIpc) is 2.90. The number of hydrogen-bond donors (Lipinski definition) is 1. The monoisotopic (exact) mass is 332 g/mol. The van der Waals surface area contributed by atoms with Crippen molar-refractivity contribution >= 4 is 17.8 Å². The van der Waals surface area contributed by atoms with E-state index in [9.17, 15) is 9.18 Å². The van der Waals surface area contributed by atoms with Gasteiger partial charge >= 0.3 is 6.16 Å². The van der Waals surface area contributed by atoms with Gasteiger partial charge in [-0.15, -0.1) is 5.10 Å². The Labute approximate surface area is 135 Å². The molecule has 1 aromatic heterocycles. The number of nitrogens with zero attached hydrogens (tertiary/aromatic N) is 2. The zero-order valence-corrected chi connectivity index (χ0v) is 12.4. The van der Waals surface area contributed by atoms with Crippen LogP contribution in [0.1, 0.15) is 0 Å². The Balaban J connectivity index is 2.19. The summed E-state index contributed by atoms with van der Waals surface area (Å²) in [6.07, 6.45) is -1.50. The lowest BCUT2D eigenvalue weighted by Crippen LogP contribution is -2.04. The van der Waals surface area contributed by atoms with Gasteiger partial charge in [0.15, 0.2) is 0 Å². The molecule has 0 aliphatic heterocycles. The molecule has 0 radical (unpaired) electrons. The Morgan fingerprint density at radius 1 is 1.17 bits per heavy atom. The molecule has 116 valence electrons. The number of halogens is 2. The van der Waals surface area contributed by atoms with Crippen molar-refractivity contribution in [3.63, 3.8) is 0 Å². The number of benzene rings is 2. The third-order valence-corrected chi connectivity index (χ3v) is 3.32. The maximum Gasteiger partial charge on any atom is 0.512 e. The van der Waals surface area contributed by atoms with E-state index in [1.54, 1.807) is 42.5 Å². The number of aromatic nitrogens is 2. The van der Waals surface area contributed by atoms with Crippen LogP contribution in [0.3, 0.4) is 0 Å². The third kappa shape index (κ3) is 3.17. The Hall–Kier alpha value is -2.86. The standard InChI is InChI=1S/C16H10ClFN2O3/c17-10-4-3-5-11(8-10)20-14(9-15(19-20)23-16(21)22)12-6-1-2-7-13(12)18/h1-9H,(H,21,22). The van der Waals surface area contributed by atoms with Crippen LogP contribution < -0.4 is 4.74 Å². The molecule has 0 spiro atoms. The van der Waals surface area contributed by atoms with Gasteiger partial charge in [0.2, 0.25) is 5.88 Å². The summed E-state index contributed by atoms with van der Waals surface area (Å²) in [6, 6.07) is 14.2. The molecule has 2 aromatic carbocycles. The van der Waals surface area contributed by atoms with Crippen LogP contribution in [-0.2, 0) is 0 Å². The summed E-state index contributed by atoms with van der Waals surface area (Å²) in [7, 11) is 0. The molecule has 3 aromatic rings. The third-order valence-electron chi connectivity index (χ3n) is 3.08. The quantitative estimate of drug-likeness (QED) is 0.722. The highest BCUT2D eigenvalue weighted by atomic mass is 35.5. The Bertz CT molecular complexity index is 879. The van der Waals surface area contributed by atoms with Crippen LogP contribution in [0, 0.1) is 5.82 Å². The van der Waals surface area contributed by atoms with Crippen molar-refractivity contribution in [3.05, 3.63) is 65.4 Å². The van der Waals surface area contributed by atoms with Crippen molar-refractivity contribution in [2.45, 2.75) is 0 Å². The zero-order valence-electron chi connectivity index (χ0n) is 11.6. The second-order valence-electron chi connectivity index (χ2n) is 4.61. The first-order chi connectivity index (χ1) is 11.0. The fraction of sp³-hybridized carbons (Fsp3) is 0. The minimum atomic E-state index is -1.50. The molecule has 23 heavy (non-hydrogen) atoms. The average molecular weight is 333 g/mol. The van der Waals surface area contributed by atoms with Crippen molar-refractivity contribution in [3.8, 4) is 22.8 Å². The molecule has 7 heteroatoms. The van der Waals surface area contributed by atoms with Gasteiger partial charge in [-0.3, -0.25) is 0 Å². The molecular weight excluding hydrogens is 323 g/mol. The Morgan fingerprint density at radius 2 is 1.96 bits per heavy atom. The van der Waals surface area contributed by atoms with E-state index in [4.69, 9.17) is 16.7 Å². The van der Waals surface area contributed by atoms with Crippen molar-refractivity contribution in [2.24, 2.45) is 0 Å². The molecule has 0 saturated heterocycles. The number of carboxylic acid groups (broad SMARTS) is 1. The van der Waals surface area contributed by atoms with Crippen LogP contribution in [0.4, 0.5) is 9.18 Å². The molecule has 0 aliphatic rings. The van der Waals surface area contributed by atoms with Gasteiger partial charge in [0.25, 0.3) is 0 Å². The summed E-state index contributed by atoms with van der Waals surface area (Å²) in [6.45, 7) is 0. The lowest BCUT2D eigenvalue weighted by atomic mass is 10.1. The largest absolute Gasteiger partial charge is 0.512 e. The molecule has 0 bridgehead atoms. The van der Waals surface area contributed by atoms with E-state index in [1.165, 1.54) is 16.8 Å². The van der Waals surface area contributed by atoms with Gasteiger partial charge in [0, 0.05) is 16.7 Å². The van der Waals surface area contributed by atoms with Crippen molar-refractivity contribution in [1.29, 1.82) is 0 Å². The van der Waals surface area contributed by atoms with Gasteiger partial charge in [0.1, 0.15) is 5.82 Å². The highest BCUT2D eigenvalue weighted by Crippen LogP contribution is 2.29. The topological polar surface area (TPSA) is 64.3 Å². The number of ether oxygens (including phenoxy) is 1. The number of carbonyl (C=O) groups is 1. The molecule has 3 rings (SSSR count). The fourth-order valence-electron chi connectivity index (χ4n) is 2.16. The maximum atomic E-state index is 14.1. The second-order valence-corrected chi connectivity index (χ2v) is 5.04. The van der Waals surface area contributed by atoms with Gasteiger partial charge < -0.3 is 9.84 Å². The van der Waals surface area contributed by atoms with Gasteiger partial charge in [-0.05, 0) is 30.3 Å². The Morgan fingerprint density at radius 3 is 2.65 bits per heavy atom. The zero-order chi connectivity index (χ0) is 16.4. The SMILES string of the molecule is O=C(O)Oc1cc(-c2ccccc2F)n(-c2cccc(Cl)c2)n1. The van der Waals surface area contributed by atoms with E-state index < -0.39 is 12.0 Å². The highest BCUT2D eigenvalue weighted by molar-refractivity contribution is 6.30. The van der Waals surface area contributed by atoms with E-state index in [-0.39, 0.29) is 11.4 Å². The Kier molecular flexibility index (Phi) is 3.99. The first-order valence-corrected chi connectivity index (χ1v) is 6.94. The van der Waals surface area contributed by atoms with Gasteiger partial charge in [-0.2, -0.15) is 0 Å². The molecule has 1 N–H and O–H groups in total. The predicted octanol–water partition coefficient (Wildman–Crippen LogP) is 4.39. The smallest absolute Gasteiger partial charge is 0.449 e. The summed E-state index contributed by atoms with van der Waals surface area (Å²) >= 11 is 5.97. The molecule has 0 aliphatic carbocycles. The van der Waals surface area contributed by atoms with Gasteiger partial charge in [0.05, 0.1) is 11.4 Å². The van der Waals surface area contributed by atoms with Crippen LogP contribution in [0.5, 0.6) is 5.88 Å². The van der Waals surface area contributed by atoms with E-state index in [1.807, 2.05) is 0 Å². The number of hydrogen-bond acceptors (Lipinski definition) is 3. The van der Waals surface area contributed by atoms with Crippen LogP contribution in [0.25, 0.3) is 16.9 Å². The van der Waals surface area contributed by atoms with Crippen molar-refractivity contribution < 1.29 is 19.0 Å². The maximum absolute atomic E-state index is 14.1. The molecule has 1 heterocycles. The van der Waals surface area contributed by atoms with Crippen LogP contribution in [-0.4, -0.2) is 21.0 Å². The summed E-state index contributed by atoms with van der Waals surface area (Å²) < 4.78 is 20.1. The van der Waals surface area contributed by atoms with E-state index in [0.717, 1.165) is 0 Å². The van der Waals surface area contributed by atoms with Crippen LogP contribution in [0.2, 0.25) is 5.02 Å². The van der Waals surface area contributed by atoms with Crippen molar-refractivity contribution in [1.82, 2.24) is 9.78 Å². The fourth-order valence-corrected chi connectivity index (χ4v) is 2.35. The van der Waals surface area contributed by atoms with Crippen molar-refractivity contribution in [2.75, 3.05) is 0 Å². The van der Waals surface area contributed by atoms with Crippen LogP contribution in [0.15, 0.2) is 54.6 Å². The molecular formula is C16H10ClFN2O3. The van der Waals surface area contributed by atoms with Crippen LogP contribution >= 0.6 is 11.6 Å². The second kappa shape index (κ2) is 6.10. The minimum absolute atomic E-state index is 0.157. The molecule has 0 saturated carbocycles. The number of rotatable bonds is 3. The lowest BCUT2D eigenvalue weighted by molar-refractivity contribution is 0.142. The highest BCUT2D eigenvalue weighted by Gasteiger charge is 2.17. The normalized spacial score (nSPS) is 10.5. The summed E-state index contributed by atoms with van der Waals surface area (Å²) in [5, 5.41) is 13.3. The summed E-state index contributed by atoms with van der Waals surface area (Å²) in [4.78, 5) is 10.7. The molecule has 5 nitrogen and oxygen atoms in total. The molecule has 0 fully saturated rings. The van der Waals surface area contributed by atoms with E-state index >= 15 is 0 Å². The minimum Gasteiger partial charge on any atom is -0.449 e. The predicted molar refractivity (Wildman–Crippen MR) is 82.6 cm³/mol. The summed E-state index contributed by atoms with van der Waals surface area (Å²) in [5.74, 6) is -0.617. The first kappa shape index (κ1) is 15.1. The molecule has 0 unspecified atom stereocenters.